The Kier molecular flexibility index (Phi) is 3.86. The fourth-order valence-electron chi connectivity index (χ4n) is 1.17. The maximum Gasteiger partial charge on any atom is 0.141 e. The number of aliphatic hydroxyl groups excluding tert-OH is 1. The number of hydrogen-bond acceptors (Lipinski definition) is 2. The highest BCUT2D eigenvalue weighted by Gasteiger charge is 2.15. The van der Waals surface area contributed by atoms with Crippen molar-refractivity contribution in [1.82, 2.24) is 0 Å². The Labute approximate surface area is 87.5 Å². The molecule has 4 heteroatoms. The maximum absolute atomic E-state index is 12.8. The van der Waals surface area contributed by atoms with Gasteiger partial charge in [0.05, 0.1) is 11.1 Å². The summed E-state index contributed by atoms with van der Waals surface area (Å²) in [4.78, 5) is 0. The fourth-order valence-corrected chi connectivity index (χ4v) is 1.36. The van der Waals surface area contributed by atoms with Gasteiger partial charge in [0.25, 0.3) is 0 Å². The van der Waals surface area contributed by atoms with E-state index < -0.39 is 11.9 Å². The van der Waals surface area contributed by atoms with Gasteiger partial charge in [0.15, 0.2) is 0 Å². The van der Waals surface area contributed by atoms with E-state index in [0.717, 1.165) is 0 Å². The third-order valence-electron chi connectivity index (χ3n) is 2.16. The summed E-state index contributed by atoms with van der Waals surface area (Å²) in [6, 6.07) is 3.76. The molecule has 0 spiro atoms. The average Bonchev–Trinajstić information content (AvgIpc) is 2.20. The number of halogens is 2. The van der Waals surface area contributed by atoms with Gasteiger partial charge in [0.1, 0.15) is 5.82 Å². The van der Waals surface area contributed by atoms with Crippen LogP contribution in [0.15, 0.2) is 18.2 Å². The second-order valence-corrected chi connectivity index (χ2v) is 3.60. The van der Waals surface area contributed by atoms with Gasteiger partial charge in [0.2, 0.25) is 0 Å². The number of rotatable bonds is 3. The molecule has 2 atom stereocenters. The van der Waals surface area contributed by atoms with Gasteiger partial charge in [-0.3, -0.25) is 0 Å². The molecule has 1 aromatic rings. The number of benzene rings is 1. The Morgan fingerprint density at radius 2 is 2.21 bits per heavy atom. The molecule has 0 fully saturated rings. The highest BCUT2D eigenvalue weighted by Crippen LogP contribution is 2.23. The maximum atomic E-state index is 12.8. The molecule has 1 rings (SSSR count). The van der Waals surface area contributed by atoms with E-state index in [1.165, 1.54) is 18.2 Å². The highest BCUT2D eigenvalue weighted by molar-refractivity contribution is 6.30. The summed E-state index contributed by atoms with van der Waals surface area (Å²) in [7, 11) is 0. The second-order valence-electron chi connectivity index (χ2n) is 3.19. The molecule has 0 aliphatic heterocycles. The van der Waals surface area contributed by atoms with E-state index >= 15 is 0 Å². The largest absolute Gasteiger partial charge is 0.387 e. The van der Waals surface area contributed by atoms with Crippen LogP contribution in [-0.2, 0) is 0 Å². The number of nitrogens with two attached hydrogens (primary N) is 1. The molecule has 0 bridgehead atoms. The van der Waals surface area contributed by atoms with E-state index in [2.05, 4.69) is 0 Å². The van der Waals surface area contributed by atoms with E-state index in [4.69, 9.17) is 17.3 Å². The topological polar surface area (TPSA) is 46.2 Å². The Hall–Kier alpha value is -0.640. The smallest absolute Gasteiger partial charge is 0.141 e. The van der Waals surface area contributed by atoms with Crippen molar-refractivity contribution in [2.45, 2.75) is 25.5 Å². The van der Waals surface area contributed by atoms with Crippen molar-refractivity contribution in [3.63, 3.8) is 0 Å². The molecular formula is C10H13ClFNO. The van der Waals surface area contributed by atoms with Crippen LogP contribution < -0.4 is 5.73 Å². The van der Waals surface area contributed by atoms with Gasteiger partial charge in [-0.05, 0) is 24.1 Å². The van der Waals surface area contributed by atoms with Gasteiger partial charge in [-0.15, -0.1) is 0 Å². The van der Waals surface area contributed by atoms with Gasteiger partial charge in [-0.25, -0.2) is 4.39 Å². The first-order valence-corrected chi connectivity index (χ1v) is 4.82. The molecule has 0 aliphatic rings. The Balaban J connectivity index is 2.91. The second kappa shape index (κ2) is 4.73. The van der Waals surface area contributed by atoms with Gasteiger partial charge >= 0.3 is 0 Å². The SMILES string of the molecule is CCC(N)C(O)c1ccc(F)c(Cl)c1. The van der Waals surface area contributed by atoms with Crippen molar-refractivity contribution in [3.05, 3.63) is 34.6 Å². The van der Waals surface area contributed by atoms with Crippen LogP contribution in [-0.4, -0.2) is 11.1 Å². The number of hydrogen-bond donors (Lipinski definition) is 2. The van der Waals surface area contributed by atoms with Crippen molar-refractivity contribution in [2.75, 3.05) is 0 Å². The van der Waals surface area contributed by atoms with Gasteiger partial charge in [0, 0.05) is 6.04 Å². The summed E-state index contributed by atoms with van der Waals surface area (Å²) in [5.41, 5.74) is 6.20. The first-order chi connectivity index (χ1) is 6.56. The van der Waals surface area contributed by atoms with Gasteiger partial charge < -0.3 is 10.8 Å². The van der Waals surface area contributed by atoms with Gasteiger partial charge in [-0.1, -0.05) is 24.6 Å². The van der Waals surface area contributed by atoms with E-state index in [1.54, 1.807) is 0 Å². The molecule has 0 saturated heterocycles. The molecule has 14 heavy (non-hydrogen) atoms. The lowest BCUT2D eigenvalue weighted by Crippen LogP contribution is -2.27. The molecule has 0 heterocycles. The molecule has 2 nitrogen and oxygen atoms in total. The molecule has 1 aromatic carbocycles. The Morgan fingerprint density at radius 1 is 1.57 bits per heavy atom. The van der Waals surface area contributed by atoms with Crippen LogP contribution in [0.1, 0.15) is 25.0 Å². The van der Waals surface area contributed by atoms with Crippen molar-refractivity contribution in [3.8, 4) is 0 Å². The van der Waals surface area contributed by atoms with Crippen LogP contribution in [0.25, 0.3) is 0 Å². The standard InChI is InChI=1S/C10H13ClFNO/c1-2-9(13)10(14)6-3-4-8(12)7(11)5-6/h3-5,9-10,14H,2,13H2,1H3. The van der Waals surface area contributed by atoms with Crippen LogP contribution >= 0.6 is 11.6 Å². The zero-order valence-corrected chi connectivity index (χ0v) is 8.63. The van der Waals surface area contributed by atoms with Crippen LogP contribution in [0, 0.1) is 5.82 Å². The van der Waals surface area contributed by atoms with E-state index in [-0.39, 0.29) is 11.1 Å². The lowest BCUT2D eigenvalue weighted by Gasteiger charge is -2.17. The van der Waals surface area contributed by atoms with Crippen LogP contribution in [0.5, 0.6) is 0 Å². The average molecular weight is 218 g/mol. The third kappa shape index (κ3) is 2.44. The molecule has 0 aromatic heterocycles. The molecule has 0 amide bonds. The summed E-state index contributed by atoms with van der Waals surface area (Å²) >= 11 is 5.58. The summed E-state index contributed by atoms with van der Waals surface area (Å²) in [5.74, 6) is -0.493. The van der Waals surface area contributed by atoms with Crippen LogP contribution in [0.4, 0.5) is 4.39 Å². The summed E-state index contributed by atoms with van der Waals surface area (Å²) in [6.45, 7) is 1.87. The van der Waals surface area contributed by atoms with Crippen molar-refractivity contribution in [1.29, 1.82) is 0 Å². The number of aliphatic hydroxyl groups is 1. The first kappa shape index (κ1) is 11.4. The first-order valence-electron chi connectivity index (χ1n) is 4.44. The minimum Gasteiger partial charge on any atom is -0.387 e. The highest BCUT2D eigenvalue weighted by atomic mass is 35.5. The molecular weight excluding hydrogens is 205 g/mol. The predicted molar refractivity (Wildman–Crippen MR) is 54.6 cm³/mol. The van der Waals surface area contributed by atoms with Crippen molar-refractivity contribution < 1.29 is 9.50 Å². The van der Waals surface area contributed by atoms with Crippen LogP contribution in [0.3, 0.4) is 0 Å². The van der Waals surface area contributed by atoms with Crippen molar-refractivity contribution >= 4 is 11.6 Å². The lowest BCUT2D eigenvalue weighted by atomic mass is 10.0. The fraction of sp³-hybridized carbons (Fsp3) is 0.400. The molecule has 0 radical (unpaired) electrons. The predicted octanol–water partition coefficient (Wildman–Crippen LogP) is 2.25. The molecule has 0 aliphatic carbocycles. The summed E-state index contributed by atoms with van der Waals surface area (Å²) in [6.07, 6.45) is -0.144. The van der Waals surface area contributed by atoms with Crippen molar-refractivity contribution in [2.24, 2.45) is 5.73 Å². The Morgan fingerprint density at radius 3 is 2.71 bits per heavy atom. The molecule has 2 unspecified atom stereocenters. The van der Waals surface area contributed by atoms with E-state index in [9.17, 15) is 9.50 Å². The normalized spacial score (nSPS) is 15.2. The Bertz CT molecular complexity index is 319. The minimum absolute atomic E-state index is 0.00449. The van der Waals surface area contributed by atoms with Gasteiger partial charge in [-0.2, -0.15) is 0 Å². The molecule has 78 valence electrons. The zero-order valence-electron chi connectivity index (χ0n) is 7.87. The molecule has 3 N–H and O–H groups in total. The lowest BCUT2D eigenvalue weighted by molar-refractivity contribution is 0.144. The molecule has 0 saturated carbocycles. The van der Waals surface area contributed by atoms with E-state index in [0.29, 0.717) is 12.0 Å². The van der Waals surface area contributed by atoms with E-state index in [1.807, 2.05) is 6.92 Å². The minimum atomic E-state index is -0.793. The monoisotopic (exact) mass is 217 g/mol. The summed E-state index contributed by atoms with van der Waals surface area (Å²) < 4.78 is 12.8. The quantitative estimate of drug-likeness (QED) is 0.816. The third-order valence-corrected chi connectivity index (χ3v) is 2.45. The van der Waals surface area contributed by atoms with Crippen LogP contribution in [0.2, 0.25) is 5.02 Å². The zero-order chi connectivity index (χ0) is 10.7. The summed E-state index contributed by atoms with van der Waals surface area (Å²) in [5, 5.41) is 9.70.